The Hall–Kier alpha value is -4.50. The number of aliphatic carboxylic acids is 1. The number of sulfonamides is 1. The number of rotatable bonds is 21. The lowest BCUT2D eigenvalue weighted by Crippen LogP contribution is -2.30. The highest BCUT2D eigenvalue weighted by Gasteiger charge is 2.25. The summed E-state index contributed by atoms with van der Waals surface area (Å²) < 4.78 is 46.1. The molecule has 4 rings (SSSR count). The molecular formula is C39H50ClN4O9S+. The molecule has 0 saturated carbocycles. The van der Waals surface area contributed by atoms with E-state index >= 15 is 0 Å². The minimum absolute atomic E-state index is 0.0327. The van der Waals surface area contributed by atoms with E-state index in [0.717, 1.165) is 43.0 Å². The zero-order valence-corrected chi connectivity index (χ0v) is 32.9. The van der Waals surface area contributed by atoms with Gasteiger partial charge in [0.2, 0.25) is 15.4 Å². The molecule has 13 nitrogen and oxygen atoms in total. The summed E-state index contributed by atoms with van der Waals surface area (Å²) in [5.41, 5.74) is 3.05. The van der Waals surface area contributed by atoms with Crippen molar-refractivity contribution in [2.24, 2.45) is 0 Å². The Morgan fingerprint density at radius 1 is 0.870 bits per heavy atom. The lowest BCUT2D eigenvalue weighted by molar-refractivity contribution is -0.137. The molecule has 2 aliphatic rings. The Labute approximate surface area is 321 Å². The fourth-order valence-electron chi connectivity index (χ4n) is 5.90. The number of amides is 2. The second kappa shape index (κ2) is 20.3. The van der Waals surface area contributed by atoms with Gasteiger partial charge in [0.15, 0.2) is 0 Å². The van der Waals surface area contributed by atoms with E-state index in [4.69, 9.17) is 30.6 Å². The molecule has 0 atom stereocenters. The Bertz CT molecular complexity index is 2080. The smallest absolute Gasteiger partial charge is 0.303 e. The molecule has 0 radical (unpaired) electrons. The van der Waals surface area contributed by atoms with E-state index < -0.39 is 27.8 Å². The van der Waals surface area contributed by atoms with Gasteiger partial charge in [0, 0.05) is 84.5 Å². The summed E-state index contributed by atoms with van der Waals surface area (Å²) in [5.74, 6) is -0.961. The molecule has 1 heterocycles. The van der Waals surface area contributed by atoms with E-state index in [1.165, 1.54) is 12.1 Å². The molecule has 0 fully saturated rings. The predicted molar refractivity (Wildman–Crippen MR) is 211 cm³/mol. The maximum absolute atomic E-state index is 13.5. The van der Waals surface area contributed by atoms with Gasteiger partial charge in [-0.25, -0.2) is 17.7 Å². The van der Waals surface area contributed by atoms with Gasteiger partial charge in [-0.05, 0) is 61.2 Å². The summed E-state index contributed by atoms with van der Waals surface area (Å²) >= 11 is 5.70. The van der Waals surface area contributed by atoms with Crippen molar-refractivity contribution >= 4 is 56.1 Å². The fraction of sp³-hybridized carbons (Fsp3) is 0.436. The van der Waals surface area contributed by atoms with Gasteiger partial charge >= 0.3 is 5.97 Å². The third-order valence-electron chi connectivity index (χ3n) is 8.68. The van der Waals surface area contributed by atoms with Crippen molar-refractivity contribution in [2.45, 2.75) is 38.5 Å². The van der Waals surface area contributed by atoms with Crippen LogP contribution in [0.5, 0.6) is 0 Å². The average molecular weight is 786 g/mol. The normalized spacial score (nSPS) is 11.5. The lowest BCUT2D eigenvalue weighted by atomic mass is 9.89. The van der Waals surface area contributed by atoms with Crippen LogP contribution in [0, 0.1) is 0 Å². The minimum Gasteiger partial charge on any atom is -0.481 e. The summed E-state index contributed by atoms with van der Waals surface area (Å²) in [6.07, 6.45) is 5.51. The molecule has 54 heavy (non-hydrogen) atoms. The van der Waals surface area contributed by atoms with Gasteiger partial charge in [0.25, 0.3) is 11.8 Å². The summed E-state index contributed by atoms with van der Waals surface area (Å²) in [4.78, 5) is 40.0. The highest BCUT2D eigenvalue weighted by atomic mass is 35.5. The topological polar surface area (TPSA) is 167 Å². The monoisotopic (exact) mass is 785 g/mol. The van der Waals surface area contributed by atoms with Crippen molar-refractivity contribution in [3.63, 3.8) is 0 Å². The number of carbonyl (C=O) groups is 3. The van der Waals surface area contributed by atoms with Crippen molar-refractivity contribution in [3.05, 3.63) is 71.1 Å². The highest BCUT2D eigenvalue weighted by molar-refractivity contribution is 7.89. The quantitative estimate of drug-likeness (QED) is 0.0463. The Balaban J connectivity index is 1.68. The van der Waals surface area contributed by atoms with E-state index in [2.05, 4.69) is 10.0 Å². The van der Waals surface area contributed by atoms with Gasteiger partial charge in [-0.15, -0.1) is 11.6 Å². The van der Waals surface area contributed by atoms with Gasteiger partial charge in [-0.3, -0.25) is 14.4 Å². The second-order valence-electron chi connectivity index (χ2n) is 13.2. The summed E-state index contributed by atoms with van der Waals surface area (Å²) in [5, 5.41) is 13.4. The van der Waals surface area contributed by atoms with E-state index in [1.54, 1.807) is 6.07 Å². The number of carboxylic acid groups (broad SMARTS) is 1. The molecule has 0 unspecified atom stereocenters. The molecule has 2 aromatic rings. The average Bonchev–Trinajstić information content (AvgIpc) is 3.12. The SMILES string of the molecule is CN(CCCC(=O)O)c1ccc2c(-c3cc(C(=O)NCCOCCOCCCCCCCl)ccc3C(=O)NS(C)(=O)=O)c3ccc(=[N+](C)C)cc-3oc2c1. The summed E-state index contributed by atoms with van der Waals surface area (Å²) in [6.45, 7) is 2.49. The molecule has 0 saturated heterocycles. The first kappa shape index (κ1) is 42.2. The molecule has 2 amide bonds. The van der Waals surface area contributed by atoms with Crippen LogP contribution in [0.25, 0.3) is 33.4 Å². The van der Waals surface area contributed by atoms with Crippen LogP contribution in [0.4, 0.5) is 5.69 Å². The number of halogens is 1. The number of benzene rings is 3. The largest absolute Gasteiger partial charge is 0.481 e. The molecule has 15 heteroatoms. The maximum Gasteiger partial charge on any atom is 0.303 e. The molecular weight excluding hydrogens is 736 g/mol. The number of carboxylic acids is 1. The van der Waals surface area contributed by atoms with Gasteiger partial charge in [0.05, 0.1) is 32.1 Å². The molecule has 1 aliphatic heterocycles. The number of alkyl halides is 1. The number of nitrogens with zero attached hydrogens (tertiary/aromatic N) is 2. The molecule has 3 N–H and O–H groups in total. The minimum atomic E-state index is -3.93. The number of fused-ring (bicyclic) bond motifs is 2. The zero-order valence-electron chi connectivity index (χ0n) is 31.3. The number of ether oxygens (including phenoxy) is 2. The first-order valence-electron chi connectivity index (χ1n) is 17.9. The van der Waals surface area contributed by atoms with E-state index in [-0.39, 0.29) is 30.7 Å². The fourth-order valence-corrected chi connectivity index (χ4v) is 6.53. The van der Waals surface area contributed by atoms with Crippen LogP contribution in [-0.2, 0) is 24.3 Å². The Kier molecular flexibility index (Phi) is 15.8. The van der Waals surface area contributed by atoms with Crippen molar-refractivity contribution < 1.29 is 41.8 Å². The molecule has 0 spiro atoms. The number of carbonyl (C=O) groups excluding carboxylic acids is 2. The maximum atomic E-state index is 13.5. The van der Waals surface area contributed by atoms with Crippen molar-refractivity contribution in [1.82, 2.24) is 14.6 Å². The van der Waals surface area contributed by atoms with E-state index in [0.29, 0.717) is 72.1 Å². The van der Waals surface area contributed by atoms with Crippen molar-refractivity contribution in [3.8, 4) is 22.5 Å². The van der Waals surface area contributed by atoms with Crippen LogP contribution in [0.2, 0.25) is 0 Å². The number of hydrogen-bond acceptors (Lipinski definition) is 9. The van der Waals surface area contributed by atoms with Crippen LogP contribution >= 0.6 is 11.6 Å². The highest BCUT2D eigenvalue weighted by Crippen LogP contribution is 2.42. The third-order valence-corrected chi connectivity index (χ3v) is 9.50. The zero-order chi connectivity index (χ0) is 39.3. The lowest BCUT2D eigenvalue weighted by Gasteiger charge is -2.22. The Morgan fingerprint density at radius 2 is 1.61 bits per heavy atom. The number of unbranched alkanes of at least 4 members (excludes halogenated alkanes) is 3. The van der Waals surface area contributed by atoms with Gasteiger partial charge in [0.1, 0.15) is 25.4 Å². The van der Waals surface area contributed by atoms with Gasteiger partial charge in [-0.1, -0.05) is 12.8 Å². The standard InChI is InChI=1S/C39H49ClN4O9S/c1-43(2)28-12-15-31-34(25-28)53-35-26-29(44(3)19-9-10-36(45)46)13-16-32(35)37(31)33-24-27(11-14-30(33)39(48)42-54(4,49)50)38(47)41-18-21-52-23-22-51-20-8-6-5-7-17-40/h11-16,24-26H,5-10,17-23H2,1-4H3,(H2-,41,42,45,46,47,48)/p+1. The van der Waals surface area contributed by atoms with Crippen LogP contribution in [0.1, 0.15) is 59.2 Å². The predicted octanol–water partition coefficient (Wildman–Crippen LogP) is 4.79. The van der Waals surface area contributed by atoms with Crippen molar-refractivity contribution in [1.29, 1.82) is 0 Å². The summed E-state index contributed by atoms with van der Waals surface area (Å²) in [7, 11) is 1.73. The van der Waals surface area contributed by atoms with Crippen molar-refractivity contribution in [2.75, 3.05) is 77.7 Å². The first-order chi connectivity index (χ1) is 25.8. The van der Waals surface area contributed by atoms with E-state index in [9.17, 15) is 22.8 Å². The molecule has 1 aliphatic carbocycles. The number of anilines is 1. The number of hydrogen-bond donors (Lipinski definition) is 3. The molecule has 0 aromatic heterocycles. The first-order valence-corrected chi connectivity index (χ1v) is 20.3. The summed E-state index contributed by atoms with van der Waals surface area (Å²) in [6, 6.07) is 15.7. The van der Waals surface area contributed by atoms with Crippen LogP contribution in [0.15, 0.2) is 59.0 Å². The van der Waals surface area contributed by atoms with Crippen LogP contribution in [0.3, 0.4) is 0 Å². The second-order valence-corrected chi connectivity index (χ2v) is 15.3. The van der Waals surface area contributed by atoms with Crippen LogP contribution in [-0.4, -0.2) is 104 Å². The molecule has 2 aromatic carbocycles. The van der Waals surface area contributed by atoms with Gasteiger partial charge in [-0.2, -0.15) is 0 Å². The molecule has 292 valence electrons. The van der Waals surface area contributed by atoms with Crippen LogP contribution < -0.4 is 24.9 Å². The van der Waals surface area contributed by atoms with Gasteiger partial charge < -0.3 is 29.2 Å². The van der Waals surface area contributed by atoms with E-state index in [1.807, 2.05) is 67.0 Å². The number of nitrogens with one attached hydrogen (secondary N) is 2. The molecule has 0 bridgehead atoms. The third kappa shape index (κ3) is 12.3. The Morgan fingerprint density at radius 3 is 2.31 bits per heavy atom.